The predicted octanol–water partition coefficient (Wildman–Crippen LogP) is 3.55. The van der Waals surface area contributed by atoms with E-state index in [2.05, 4.69) is 36.6 Å². The van der Waals surface area contributed by atoms with Crippen molar-refractivity contribution in [1.29, 1.82) is 0 Å². The molecule has 5 heteroatoms. The number of halogens is 2. The van der Waals surface area contributed by atoms with Crippen molar-refractivity contribution in [3.63, 3.8) is 0 Å². The highest BCUT2D eigenvalue weighted by atomic mass is 79.9. The minimum Gasteiger partial charge on any atom is -0.469 e. The van der Waals surface area contributed by atoms with Crippen molar-refractivity contribution in [3.8, 4) is 0 Å². The van der Waals surface area contributed by atoms with Gasteiger partial charge in [-0.15, -0.1) is 0 Å². The SMILES string of the molecule is COC(=O)CCCC(N)c1cc(Br)ccc1Br. The molecule has 0 aliphatic heterocycles. The van der Waals surface area contributed by atoms with E-state index in [0.717, 1.165) is 27.4 Å². The van der Waals surface area contributed by atoms with Crippen LogP contribution in [0.25, 0.3) is 0 Å². The second-order valence-corrected chi connectivity index (χ2v) is 5.51. The van der Waals surface area contributed by atoms with E-state index in [4.69, 9.17) is 5.73 Å². The first-order valence-corrected chi connectivity index (χ1v) is 6.90. The summed E-state index contributed by atoms with van der Waals surface area (Å²) >= 11 is 6.89. The Morgan fingerprint density at radius 3 is 2.82 bits per heavy atom. The largest absolute Gasteiger partial charge is 0.469 e. The van der Waals surface area contributed by atoms with Crippen molar-refractivity contribution < 1.29 is 9.53 Å². The van der Waals surface area contributed by atoms with E-state index < -0.39 is 0 Å². The van der Waals surface area contributed by atoms with Crippen molar-refractivity contribution in [3.05, 3.63) is 32.7 Å². The molecule has 0 aliphatic rings. The van der Waals surface area contributed by atoms with Crippen LogP contribution in [0.5, 0.6) is 0 Å². The van der Waals surface area contributed by atoms with E-state index in [-0.39, 0.29) is 12.0 Å². The molecule has 17 heavy (non-hydrogen) atoms. The van der Waals surface area contributed by atoms with Crippen LogP contribution in [0.1, 0.15) is 30.9 Å². The van der Waals surface area contributed by atoms with Crippen LogP contribution in [0.4, 0.5) is 0 Å². The van der Waals surface area contributed by atoms with E-state index in [1.54, 1.807) is 0 Å². The number of ether oxygens (including phenoxy) is 1. The number of esters is 1. The number of hydrogen-bond acceptors (Lipinski definition) is 3. The van der Waals surface area contributed by atoms with Crippen molar-refractivity contribution in [2.75, 3.05) is 7.11 Å². The Morgan fingerprint density at radius 1 is 1.47 bits per heavy atom. The third-order valence-corrected chi connectivity index (χ3v) is 3.70. The van der Waals surface area contributed by atoms with Gasteiger partial charge in [-0.3, -0.25) is 4.79 Å². The normalized spacial score (nSPS) is 12.2. The summed E-state index contributed by atoms with van der Waals surface area (Å²) in [5.74, 6) is -0.189. The van der Waals surface area contributed by atoms with Gasteiger partial charge in [-0.1, -0.05) is 31.9 Å². The van der Waals surface area contributed by atoms with Crippen LogP contribution in [0.15, 0.2) is 27.1 Å². The number of nitrogens with two attached hydrogens (primary N) is 1. The molecule has 0 spiro atoms. The zero-order valence-corrected chi connectivity index (χ0v) is 12.8. The van der Waals surface area contributed by atoms with Gasteiger partial charge in [0.25, 0.3) is 0 Å². The maximum atomic E-state index is 11.0. The summed E-state index contributed by atoms with van der Waals surface area (Å²) in [5.41, 5.74) is 7.14. The number of benzene rings is 1. The monoisotopic (exact) mass is 363 g/mol. The molecule has 0 aliphatic carbocycles. The predicted molar refractivity (Wildman–Crippen MR) is 74.6 cm³/mol. The molecule has 1 aromatic rings. The van der Waals surface area contributed by atoms with Crippen molar-refractivity contribution in [1.82, 2.24) is 0 Å². The molecule has 3 nitrogen and oxygen atoms in total. The van der Waals surface area contributed by atoms with Gasteiger partial charge in [0.05, 0.1) is 7.11 Å². The zero-order valence-electron chi connectivity index (χ0n) is 9.58. The van der Waals surface area contributed by atoms with Crippen molar-refractivity contribution in [2.24, 2.45) is 5.73 Å². The van der Waals surface area contributed by atoms with Crippen LogP contribution in [0.2, 0.25) is 0 Å². The topological polar surface area (TPSA) is 52.3 Å². The lowest BCUT2D eigenvalue weighted by Crippen LogP contribution is -2.12. The molecule has 1 atom stereocenters. The van der Waals surface area contributed by atoms with Gasteiger partial charge in [0.15, 0.2) is 0 Å². The Kier molecular flexibility index (Phi) is 6.16. The van der Waals surface area contributed by atoms with Crippen LogP contribution in [-0.4, -0.2) is 13.1 Å². The van der Waals surface area contributed by atoms with Crippen molar-refractivity contribution >= 4 is 37.8 Å². The zero-order chi connectivity index (χ0) is 12.8. The fraction of sp³-hybridized carbons (Fsp3) is 0.417. The second-order valence-electron chi connectivity index (χ2n) is 3.74. The Labute approximate surface area is 118 Å². The highest BCUT2D eigenvalue weighted by Crippen LogP contribution is 2.28. The molecule has 94 valence electrons. The third-order valence-electron chi connectivity index (χ3n) is 2.48. The molecule has 0 radical (unpaired) electrons. The maximum absolute atomic E-state index is 11.0. The summed E-state index contributed by atoms with van der Waals surface area (Å²) in [6, 6.07) is 5.83. The molecule has 1 unspecified atom stereocenters. The number of carbonyl (C=O) groups is 1. The summed E-state index contributed by atoms with van der Waals surface area (Å²) in [7, 11) is 1.40. The highest BCUT2D eigenvalue weighted by molar-refractivity contribution is 9.11. The molecular formula is C12H15Br2NO2. The Morgan fingerprint density at radius 2 is 2.18 bits per heavy atom. The Balaban J connectivity index is 2.54. The average molecular weight is 365 g/mol. The smallest absolute Gasteiger partial charge is 0.305 e. The molecule has 2 N–H and O–H groups in total. The van der Waals surface area contributed by atoms with Gasteiger partial charge in [0, 0.05) is 21.4 Å². The Bertz CT molecular complexity index is 396. The van der Waals surface area contributed by atoms with Crippen LogP contribution < -0.4 is 5.73 Å². The molecule has 0 heterocycles. The van der Waals surface area contributed by atoms with Gasteiger partial charge in [-0.05, 0) is 36.6 Å². The van der Waals surface area contributed by atoms with Gasteiger partial charge in [-0.2, -0.15) is 0 Å². The lowest BCUT2D eigenvalue weighted by molar-refractivity contribution is -0.140. The van der Waals surface area contributed by atoms with Gasteiger partial charge in [-0.25, -0.2) is 0 Å². The van der Waals surface area contributed by atoms with Crippen molar-refractivity contribution in [2.45, 2.75) is 25.3 Å². The minimum atomic E-state index is -0.189. The Hall–Kier alpha value is -0.390. The summed E-state index contributed by atoms with van der Waals surface area (Å²) in [6.07, 6.45) is 1.90. The highest BCUT2D eigenvalue weighted by Gasteiger charge is 2.11. The molecule has 0 amide bonds. The fourth-order valence-corrected chi connectivity index (χ4v) is 2.44. The first-order chi connectivity index (χ1) is 8.04. The van der Waals surface area contributed by atoms with Crippen LogP contribution in [0.3, 0.4) is 0 Å². The van der Waals surface area contributed by atoms with E-state index in [1.807, 2.05) is 18.2 Å². The van der Waals surface area contributed by atoms with Gasteiger partial charge in [0.1, 0.15) is 0 Å². The number of methoxy groups -OCH3 is 1. The molecule has 0 saturated heterocycles. The first-order valence-electron chi connectivity index (χ1n) is 5.32. The minimum absolute atomic E-state index is 0.0773. The lowest BCUT2D eigenvalue weighted by atomic mass is 10.0. The summed E-state index contributed by atoms with van der Waals surface area (Å²) in [5, 5.41) is 0. The standard InChI is InChI=1S/C12H15Br2NO2/c1-17-12(16)4-2-3-11(15)9-7-8(13)5-6-10(9)14/h5-7,11H,2-4,15H2,1H3. The molecule has 0 bridgehead atoms. The number of hydrogen-bond donors (Lipinski definition) is 1. The molecule has 0 saturated carbocycles. The number of carbonyl (C=O) groups excluding carboxylic acids is 1. The van der Waals surface area contributed by atoms with Gasteiger partial charge in [0.2, 0.25) is 0 Å². The summed E-state index contributed by atoms with van der Waals surface area (Å²) < 4.78 is 6.58. The van der Waals surface area contributed by atoms with Crippen LogP contribution in [-0.2, 0) is 9.53 Å². The van der Waals surface area contributed by atoms with E-state index in [9.17, 15) is 4.79 Å². The van der Waals surface area contributed by atoms with Gasteiger partial charge >= 0.3 is 5.97 Å². The van der Waals surface area contributed by atoms with E-state index in [0.29, 0.717) is 6.42 Å². The average Bonchev–Trinajstić information content (AvgIpc) is 2.31. The molecule has 0 fully saturated rings. The fourth-order valence-electron chi connectivity index (χ4n) is 1.52. The van der Waals surface area contributed by atoms with Crippen LogP contribution in [0, 0.1) is 0 Å². The summed E-state index contributed by atoms with van der Waals surface area (Å²) in [4.78, 5) is 11.0. The quantitative estimate of drug-likeness (QED) is 0.812. The van der Waals surface area contributed by atoms with E-state index in [1.165, 1.54) is 7.11 Å². The molecule has 0 aromatic heterocycles. The second kappa shape index (κ2) is 7.13. The molecule has 1 rings (SSSR count). The van der Waals surface area contributed by atoms with Gasteiger partial charge < -0.3 is 10.5 Å². The summed E-state index contributed by atoms with van der Waals surface area (Å²) in [6.45, 7) is 0. The van der Waals surface area contributed by atoms with Crippen LogP contribution >= 0.6 is 31.9 Å². The number of rotatable bonds is 5. The first kappa shape index (κ1) is 14.7. The molecule has 1 aromatic carbocycles. The lowest BCUT2D eigenvalue weighted by Gasteiger charge is -2.14. The maximum Gasteiger partial charge on any atom is 0.305 e. The molecular weight excluding hydrogens is 350 g/mol. The third kappa shape index (κ3) is 4.77. The van der Waals surface area contributed by atoms with E-state index >= 15 is 0 Å².